The highest BCUT2D eigenvalue weighted by Crippen LogP contribution is 2.20. The van der Waals surface area contributed by atoms with E-state index in [1.807, 2.05) is 68.7 Å². The van der Waals surface area contributed by atoms with Crippen molar-refractivity contribution >= 4 is 62.9 Å². The van der Waals surface area contributed by atoms with E-state index >= 15 is 0 Å². The van der Waals surface area contributed by atoms with Crippen LogP contribution in [-0.2, 0) is 0 Å². The molecule has 30 heavy (non-hydrogen) atoms. The SMILES string of the molecule is CN(C)c1ccc(/C=C/c2nc3ccc(I)cc3c(=O)n2-c2ccc(Cl)cc2)cc1. The third-order valence-corrected chi connectivity index (χ3v) is 5.70. The molecule has 0 saturated heterocycles. The van der Waals surface area contributed by atoms with E-state index in [0.29, 0.717) is 21.7 Å². The van der Waals surface area contributed by atoms with E-state index in [0.717, 1.165) is 20.5 Å². The molecule has 0 fully saturated rings. The molecule has 4 nitrogen and oxygen atoms in total. The number of nitrogens with zero attached hydrogens (tertiary/aromatic N) is 3. The molecule has 0 bridgehead atoms. The first kappa shape index (κ1) is 20.6. The maximum absolute atomic E-state index is 13.4. The monoisotopic (exact) mass is 527 g/mol. The predicted octanol–water partition coefficient (Wildman–Crippen LogP) is 5.88. The molecule has 0 aliphatic carbocycles. The fourth-order valence-corrected chi connectivity index (χ4v) is 3.80. The lowest BCUT2D eigenvalue weighted by atomic mass is 10.1. The van der Waals surface area contributed by atoms with Crippen LogP contribution in [0.3, 0.4) is 0 Å². The number of hydrogen-bond acceptors (Lipinski definition) is 3. The molecule has 4 rings (SSSR count). The number of benzene rings is 3. The Morgan fingerprint density at radius 1 is 0.967 bits per heavy atom. The van der Waals surface area contributed by atoms with E-state index in [9.17, 15) is 4.79 Å². The van der Waals surface area contributed by atoms with Crippen LogP contribution in [0.25, 0.3) is 28.7 Å². The highest BCUT2D eigenvalue weighted by molar-refractivity contribution is 14.1. The lowest BCUT2D eigenvalue weighted by Gasteiger charge is -2.12. The van der Waals surface area contributed by atoms with E-state index in [4.69, 9.17) is 16.6 Å². The summed E-state index contributed by atoms with van der Waals surface area (Å²) in [5.41, 5.74) is 3.45. The van der Waals surface area contributed by atoms with Crippen molar-refractivity contribution in [2.24, 2.45) is 0 Å². The topological polar surface area (TPSA) is 38.1 Å². The van der Waals surface area contributed by atoms with E-state index < -0.39 is 0 Å². The number of anilines is 1. The molecule has 6 heteroatoms. The number of rotatable bonds is 4. The van der Waals surface area contributed by atoms with Crippen molar-refractivity contribution in [3.05, 3.63) is 97.1 Å². The second-order valence-corrected chi connectivity index (χ2v) is 8.75. The zero-order chi connectivity index (χ0) is 21.3. The Labute approximate surface area is 193 Å². The lowest BCUT2D eigenvalue weighted by Crippen LogP contribution is -2.22. The van der Waals surface area contributed by atoms with Crippen LogP contribution in [0.15, 0.2) is 71.5 Å². The minimum Gasteiger partial charge on any atom is -0.378 e. The molecular weight excluding hydrogens is 509 g/mol. The van der Waals surface area contributed by atoms with Crippen LogP contribution in [0.4, 0.5) is 5.69 Å². The summed E-state index contributed by atoms with van der Waals surface area (Å²) in [5, 5.41) is 1.21. The maximum Gasteiger partial charge on any atom is 0.266 e. The van der Waals surface area contributed by atoms with Gasteiger partial charge in [-0.05, 0) is 88.8 Å². The Kier molecular flexibility index (Phi) is 5.92. The first-order valence-electron chi connectivity index (χ1n) is 9.36. The average molecular weight is 528 g/mol. The van der Waals surface area contributed by atoms with Crippen LogP contribution in [0.1, 0.15) is 11.4 Å². The standard InChI is InChI=1S/C24H19ClIN3O/c1-28(2)19-9-3-16(4-10-19)5-14-23-27-22-13-8-18(26)15-21(22)24(30)29(23)20-11-6-17(25)7-12-20/h3-15H,1-2H3/b14-5+. The lowest BCUT2D eigenvalue weighted by molar-refractivity contribution is 0.944. The van der Waals surface area contributed by atoms with Crippen molar-refractivity contribution in [2.45, 2.75) is 0 Å². The summed E-state index contributed by atoms with van der Waals surface area (Å²) >= 11 is 8.25. The van der Waals surface area contributed by atoms with Crippen molar-refractivity contribution < 1.29 is 0 Å². The Morgan fingerprint density at radius 2 is 1.67 bits per heavy atom. The van der Waals surface area contributed by atoms with Crippen LogP contribution in [0.5, 0.6) is 0 Å². The first-order valence-corrected chi connectivity index (χ1v) is 10.8. The Hall–Kier alpha value is -2.64. The molecule has 0 N–H and O–H groups in total. The zero-order valence-electron chi connectivity index (χ0n) is 16.5. The summed E-state index contributed by atoms with van der Waals surface area (Å²) in [5.74, 6) is 0.563. The van der Waals surface area contributed by atoms with Gasteiger partial charge in [0.2, 0.25) is 0 Å². The van der Waals surface area contributed by atoms with Gasteiger partial charge in [0, 0.05) is 28.4 Å². The third kappa shape index (κ3) is 4.27. The summed E-state index contributed by atoms with van der Waals surface area (Å²) in [4.78, 5) is 20.2. The van der Waals surface area contributed by atoms with Crippen LogP contribution in [0, 0.1) is 3.57 Å². The maximum atomic E-state index is 13.4. The minimum atomic E-state index is -0.108. The summed E-state index contributed by atoms with van der Waals surface area (Å²) in [6.45, 7) is 0. The molecule has 150 valence electrons. The first-order chi connectivity index (χ1) is 14.4. The Bertz CT molecular complexity index is 1290. The van der Waals surface area contributed by atoms with Gasteiger partial charge in [-0.15, -0.1) is 0 Å². The predicted molar refractivity (Wildman–Crippen MR) is 135 cm³/mol. The third-order valence-electron chi connectivity index (χ3n) is 4.78. The van der Waals surface area contributed by atoms with Gasteiger partial charge in [-0.3, -0.25) is 9.36 Å². The second kappa shape index (κ2) is 8.62. The minimum absolute atomic E-state index is 0.108. The van der Waals surface area contributed by atoms with E-state index in [-0.39, 0.29) is 5.56 Å². The molecule has 0 aliphatic rings. The molecule has 1 aromatic heterocycles. The highest BCUT2D eigenvalue weighted by Gasteiger charge is 2.12. The van der Waals surface area contributed by atoms with Crippen LogP contribution in [0.2, 0.25) is 5.02 Å². The summed E-state index contributed by atoms with van der Waals surface area (Å²) in [6, 6.07) is 21.1. The van der Waals surface area contributed by atoms with E-state index in [1.165, 1.54) is 0 Å². The smallest absolute Gasteiger partial charge is 0.266 e. The van der Waals surface area contributed by atoms with Gasteiger partial charge in [-0.1, -0.05) is 29.8 Å². The van der Waals surface area contributed by atoms with E-state index in [1.54, 1.807) is 16.7 Å². The number of fused-ring (bicyclic) bond motifs is 1. The van der Waals surface area contributed by atoms with Crippen molar-refractivity contribution in [3.63, 3.8) is 0 Å². The molecule has 0 radical (unpaired) electrons. The molecule has 0 spiro atoms. The number of hydrogen-bond donors (Lipinski definition) is 0. The normalized spacial score (nSPS) is 11.3. The summed E-state index contributed by atoms with van der Waals surface area (Å²) in [7, 11) is 4.02. The molecule has 0 unspecified atom stereocenters. The van der Waals surface area contributed by atoms with Crippen molar-refractivity contribution in [1.82, 2.24) is 9.55 Å². The molecule has 1 heterocycles. The largest absolute Gasteiger partial charge is 0.378 e. The van der Waals surface area contributed by atoms with Gasteiger partial charge in [0.25, 0.3) is 5.56 Å². The summed E-state index contributed by atoms with van der Waals surface area (Å²) < 4.78 is 2.62. The molecule has 0 atom stereocenters. The van der Waals surface area contributed by atoms with Gasteiger partial charge < -0.3 is 4.90 Å². The average Bonchev–Trinajstić information content (AvgIpc) is 2.74. The molecule has 0 amide bonds. The van der Waals surface area contributed by atoms with Crippen molar-refractivity contribution in [2.75, 3.05) is 19.0 Å². The number of aromatic nitrogens is 2. The van der Waals surface area contributed by atoms with Crippen molar-refractivity contribution in [3.8, 4) is 5.69 Å². The van der Waals surface area contributed by atoms with Gasteiger partial charge in [-0.25, -0.2) is 4.98 Å². The molecule has 3 aromatic carbocycles. The highest BCUT2D eigenvalue weighted by atomic mass is 127. The fourth-order valence-electron chi connectivity index (χ4n) is 3.18. The van der Waals surface area contributed by atoms with Crippen LogP contribution in [-0.4, -0.2) is 23.6 Å². The number of halogens is 2. The van der Waals surface area contributed by atoms with Crippen LogP contribution >= 0.6 is 34.2 Å². The Morgan fingerprint density at radius 3 is 2.33 bits per heavy atom. The molecule has 0 saturated carbocycles. The molecule has 4 aromatic rings. The van der Waals surface area contributed by atoms with Crippen molar-refractivity contribution in [1.29, 1.82) is 0 Å². The Balaban J connectivity index is 1.87. The van der Waals surface area contributed by atoms with Gasteiger partial charge in [-0.2, -0.15) is 0 Å². The van der Waals surface area contributed by atoms with E-state index in [2.05, 4.69) is 39.6 Å². The fraction of sp³-hybridized carbons (Fsp3) is 0.0833. The van der Waals surface area contributed by atoms with Gasteiger partial charge in [0.05, 0.1) is 16.6 Å². The quantitative estimate of drug-likeness (QED) is 0.311. The second-order valence-electron chi connectivity index (χ2n) is 7.07. The van der Waals surface area contributed by atoms with Gasteiger partial charge in [0.15, 0.2) is 0 Å². The summed E-state index contributed by atoms with van der Waals surface area (Å²) in [6.07, 6.45) is 3.84. The van der Waals surface area contributed by atoms with Gasteiger partial charge >= 0.3 is 0 Å². The molecule has 0 aliphatic heterocycles. The zero-order valence-corrected chi connectivity index (χ0v) is 19.4. The van der Waals surface area contributed by atoms with Gasteiger partial charge in [0.1, 0.15) is 5.82 Å². The molecular formula is C24H19ClIN3O. The van der Waals surface area contributed by atoms with Crippen LogP contribution < -0.4 is 10.5 Å².